The smallest absolute Gasteiger partial charge is 0.122 e. The zero-order valence-electron chi connectivity index (χ0n) is 10.9. The molecule has 0 aromatic heterocycles. The molecule has 0 heterocycles. The molecule has 4 heteroatoms. The summed E-state index contributed by atoms with van der Waals surface area (Å²) in [6.45, 7) is 0. The van der Waals surface area contributed by atoms with Gasteiger partial charge in [0.1, 0.15) is 5.75 Å². The molecule has 102 valence electrons. The fourth-order valence-electron chi connectivity index (χ4n) is 2.09. The number of hydrogen-bond acceptors (Lipinski definition) is 2. The maximum atomic E-state index is 9.40. The Morgan fingerprint density at radius 3 is 2.55 bits per heavy atom. The summed E-state index contributed by atoms with van der Waals surface area (Å²) < 4.78 is 5.31. The molecule has 0 spiro atoms. The maximum absolute atomic E-state index is 9.40. The second-order valence-corrected chi connectivity index (χ2v) is 5.27. The molecule has 0 aliphatic heterocycles. The Morgan fingerprint density at radius 1 is 1.15 bits per heavy atom. The van der Waals surface area contributed by atoms with Gasteiger partial charge in [0.15, 0.2) is 0 Å². The monoisotopic (exact) mass is 305 g/mol. The lowest BCUT2D eigenvalue weighted by Gasteiger charge is -2.13. The van der Waals surface area contributed by atoms with Crippen molar-refractivity contribution in [3.05, 3.63) is 63.6 Å². The van der Waals surface area contributed by atoms with Crippen LogP contribution in [0.5, 0.6) is 5.75 Å². The molecule has 20 heavy (non-hydrogen) atoms. The fourth-order valence-corrected chi connectivity index (χ4v) is 2.48. The quantitative estimate of drug-likeness (QED) is 0.808. The van der Waals surface area contributed by atoms with E-state index in [9.17, 15) is 5.26 Å². The Labute approximate surface area is 128 Å². The Kier molecular flexibility index (Phi) is 4.89. The van der Waals surface area contributed by atoms with Gasteiger partial charge in [0.25, 0.3) is 0 Å². The van der Waals surface area contributed by atoms with Crippen molar-refractivity contribution in [2.24, 2.45) is 0 Å². The number of hydrogen-bond donors (Lipinski definition) is 0. The van der Waals surface area contributed by atoms with E-state index >= 15 is 0 Å². The second-order valence-electron chi connectivity index (χ2n) is 4.40. The Bertz CT molecular complexity index is 649. The topological polar surface area (TPSA) is 33.0 Å². The minimum Gasteiger partial charge on any atom is -0.496 e. The number of ether oxygens (including phenoxy) is 1. The van der Waals surface area contributed by atoms with Crippen LogP contribution in [-0.4, -0.2) is 7.11 Å². The lowest BCUT2D eigenvalue weighted by molar-refractivity contribution is 0.409. The largest absolute Gasteiger partial charge is 0.496 e. The summed E-state index contributed by atoms with van der Waals surface area (Å²) in [6.07, 6.45) is 0.528. The first-order chi connectivity index (χ1) is 9.63. The zero-order chi connectivity index (χ0) is 14.5. The number of nitriles is 1. The number of methoxy groups -OCH3 is 1. The van der Waals surface area contributed by atoms with E-state index in [-0.39, 0.29) is 5.92 Å². The molecule has 0 N–H and O–H groups in total. The summed E-state index contributed by atoms with van der Waals surface area (Å²) >= 11 is 12.0. The number of nitrogens with zero attached hydrogens (tertiary/aromatic N) is 1. The van der Waals surface area contributed by atoms with Crippen molar-refractivity contribution in [2.75, 3.05) is 7.11 Å². The van der Waals surface area contributed by atoms with Gasteiger partial charge >= 0.3 is 0 Å². The molecular formula is C16H13Cl2NO. The van der Waals surface area contributed by atoms with Gasteiger partial charge in [0.05, 0.1) is 19.1 Å². The van der Waals surface area contributed by atoms with Crippen molar-refractivity contribution < 1.29 is 4.74 Å². The molecule has 0 fully saturated rings. The van der Waals surface area contributed by atoms with E-state index in [1.807, 2.05) is 30.3 Å². The Morgan fingerprint density at radius 2 is 1.90 bits per heavy atom. The van der Waals surface area contributed by atoms with Crippen molar-refractivity contribution in [1.29, 1.82) is 5.26 Å². The summed E-state index contributed by atoms with van der Waals surface area (Å²) in [5, 5.41) is 10.7. The predicted octanol–water partition coefficient (Wildman–Crippen LogP) is 4.85. The van der Waals surface area contributed by atoms with E-state index in [4.69, 9.17) is 27.9 Å². The van der Waals surface area contributed by atoms with Gasteiger partial charge in [0.2, 0.25) is 0 Å². The van der Waals surface area contributed by atoms with Crippen LogP contribution in [0.4, 0.5) is 0 Å². The second kappa shape index (κ2) is 6.65. The van der Waals surface area contributed by atoms with Crippen molar-refractivity contribution >= 4 is 23.2 Å². The summed E-state index contributed by atoms with van der Waals surface area (Å²) in [7, 11) is 1.60. The van der Waals surface area contributed by atoms with E-state index in [1.165, 1.54) is 0 Å². The molecule has 0 amide bonds. The molecule has 1 atom stereocenters. The van der Waals surface area contributed by atoms with Gasteiger partial charge in [-0.25, -0.2) is 0 Å². The van der Waals surface area contributed by atoms with Gasteiger partial charge in [-0.2, -0.15) is 5.26 Å². The first kappa shape index (κ1) is 14.7. The highest BCUT2D eigenvalue weighted by molar-refractivity contribution is 6.31. The van der Waals surface area contributed by atoms with Gasteiger partial charge < -0.3 is 4.74 Å². The van der Waals surface area contributed by atoms with E-state index < -0.39 is 0 Å². The minimum atomic E-state index is -0.291. The molecule has 0 saturated carbocycles. The fraction of sp³-hybridized carbons (Fsp3) is 0.188. The molecule has 0 aliphatic rings. The number of rotatable bonds is 4. The van der Waals surface area contributed by atoms with Crippen LogP contribution in [0.25, 0.3) is 0 Å². The average molecular weight is 306 g/mol. The molecular weight excluding hydrogens is 293 g/mol. The van der Waals surface area contributed by atoms with Gasteiger partial charge in [-0.05, 0) is 47.9 Å². The summed E-state index contributed by atoms with van der Waals surface area (Å²) in [4.78, 5) is 0. The normalized spacial score (nSPS) is 11.7. The summed E-state index contributed by atoms with van der Waals surface area (Å²) in [5.74, 6) is 0.442. The third kappa shape index (κ3) is 3.45. The average Bonchev–Trinajstić information content (AvgIpc) is 2.45. The lowest BCUT2D eigenvalue weighted by Crippen LogP contribution is -2.02. The Hall–Kier alpha value is -1.69. The van der Waals surface area contributed by atoms with Crippen molar-refractivity contribution in [3.63, 3.8) is 0 Å². The summed E-state index contributed by atoms with van der Waals surface area (Å²) in [5.41, 5.74) is 1.80. The van der Waals surface area contributed by atoms with E-state index in [0.717, 1.165) is 16.9 Å². The third-order valence-corrected chi connectivity index (χ3v) is 3.54. The van der Waals surface area contributed by atoms with Gasteiger partial charge in [0, 0.05) is 10.0 Å². The minimum absolute atomic E-state index is 0.291. The van der Waals surface area contributed by atoms with Crippen molar-refractivity contribution in [2.45, 2.75) is 12.3 Å². The van der Waals surface area contributed by atoms with Crippen LogP contribution in [0.2, 0.25) is 10.0 Å². The van der Waals surface area contributed by atoms with Gasteiger partial charge in [-0.1, -0.05) is 35.3 Å². The first-order valence-corrected chi connectivity index (χ1v) is 6.87. The van der Waals surface area contributed by atoms with E-state index in [2.05, 4.69) is 6.07 Å². The maximum Gasteiger partial charge on any atom is 0.122 e. The molecule has 1 unspecified atom stereocenters. The molecule has 2 aromatic carbocycles. The van der Waals surface area contributed by atoms with Crippen LogP contribution in [0.15, 0.2) is 42.5 Å². The first-order valence-electron chi connectivity index (χ1n) is 6.11. The Balaban J connectivity index is 2.32. The SMILES string of the molecule is COc1ccc(Cl)cc1CC(C#N)c1cccc(Cl)c1. The van der Waals surface area contributed by atoms with Crippen LogP contribution in [-0.2, 0) is 6.42 Å². The van der Waals surface area contributed by atoms with Crippen LogP contribution < -0.4 is 4.74 Å². The molecule has 2 rings (SSSR count). The van der Waals surface area contributed by atoms with Crippen molar-refractivity contribution in [3.8, 4) is 11.8 Å². The van der Waals surface area contributed by atoms with E-state index in [0.29, 0.717) is 16.5 Å². The molecule has 0 bridgehead atoms. The van der Waals surface area contributed by atoms with Crippen LogP contribution in [0, 0.1) is 11.3 Å². The molecule has 0 saturated heterocycles. The zero-order valence-corrected chi connectivity index (χ0v) is 12.4. The lowest BCUT2D eigenvalue weighted by atomic mass is 9.93. The third-order valence-electron chi connectivity index (χ3n) is 3.07. The van der Waals surface area contributed by atoms with E-state index in [1.54, 1.807) is 19.2 Å². The van der Waals surface area contributed by atoms with Crippen LogP contribution in [0.3, 0.4) is 0 Å². The molecule has 0 radical (unpaired) electrons. The number of halogens is 2. The molecule has 2 nitrogen and oxygen atoms in total. The highest BCUT2D eigenvalue weighted by atomic mass is 35.5. The number of benzene rings is 2. The van der Waals surface area contributed by atoms with Crippen LogP contribution >= 0.6 is 23.2 Å². The van der Waals surface area contributed by atoms with Gasteiger partial charge in [-0.15, -0.1) is 0 Å². The predicted molar refractivity (Wildman–Crippen MR) is 81.5 cm³/mol. The highest BCUT2D eigenvalue weighted by Crippen LogP contribution is 2.29. The molecule has 2 aromatic rings. The van der Waals surface area contributed by atoms with Crippen molar-refractivity contribution in [1.82, 2.24) is 0 Å². The summed E-state index contributed by atoms with van der Waals surface area (Å²) in [6, 6.07) is 15.1. The molecule has 0 aliphatic carbocycles. The highest BCUT2D eigenvalue weighted by Gasteiger charge is 2.15. The van der Waals surface area contributed by atoms with Gasteiger partial charge in [-0.3, -0.25) is 0 Å². The standard InChI is InChI=1S/C16H13Cl2NO/c1-20-16-6-5-15(18)9-12(16)7-13(10-19)11-3-2-4-14(17)8-11/h2-6,8-9,13H,7H2,1H3. The van der Waals surface area contributed by atoms with Crippen LogP contribution in [0.1, 0.15) is 17.0 Å².